The Kier molecular flexibility index (Phi) is 3.09. The summed E-state index contributed by atoms with van der Waals surface area (Å²) in [5.74, 6) is 1.88. The highest BCUT2D eigenvalue weighted by molar-refractivity contribution is 5.47. The lowest BCUT2D eigenvalue weighted by Gasteiger charge is -2.17. The zero-order chi connectivity index (χ0) is 11.6. The van der Waals surface area contributed by atoms with Crippen LogP contribution in [0.4, 0.5) is 13.2 Å². The van der Waals surface area contributed by atoms with Gasteiger partial charge < -0.3 is 0 Å². The summed E-state index contributed by atoms with van der Waals surface area (Å²) in [7, 11) is 0. The van der Waals surface area contributed by atoms with E-state index in [1.54, 1.807) is 19.9 Å². The van der Waals surface area contributed by atoms with Gasteiger partial charge in [0.1, 0.15) is 0 Å². The molecule has 0 radical (unpaired) electrons. The van der Waals surface area contributed by atoms with Crippen LogP contribution in [-0.4, -0.2) is 0 Å². The molecule has 0 aromatic heterocycles. The van der Waals surface area contributed by atoms with Gasteiger partial charge in [0.25, 0.3) is 0 Å². The summed E-state index contributed by atoms with van der Waals surface area (Å²) in [6.45, 7) is 3.43. The van der Waals surface area contributed by atoms with Crippen molar-refractivity contribution in [2.24, 2.45) is 0 Å². The van der Waals surface area contributed by atoms with Gasteiger partial charge >= 0.3 is 6.18 Å². The highest BCUT2D eigenvalue weighted by Crippen LogP contribution is 2.37. The fraction of sp³-hybridized carbons (Fsp3) is 0.333. The molecule has 0 aliphatic rings. The van der Waals surface area contributed by atoms with Crippen molar-refractivity contribution in [3.63, 3.8) is 0 Å². The first-order chi connectivity index (χ1) is 6.88. The maximum Gasteiger partial charge on any atom is 0.417 e. The first kappa shape index (κ1) is 11.6. The molecule has 3 heteroatoms. The maximum atomic E-state index is 12.8. The van der Waals surface area contributed by atoms with Crippen molar-refractivity contribution < 1.29 is 13.2 Å². The van der Waals surface area contributed by atoms with Gasteiger partial charge in [0.05, 0.1) is 5.56 Å². The van der Waals surface area contributed by atoms with Crippen LogP contribution in [0.5, 0.6) is 0 Å². The number of alkyl halides is 3. The fourth-order valence-electron chi connectivity index (χ4n) is 1.49. The van der Waals surface area contributed by atoms with E-state index in [1.807, 2.05) is 0 Å². The molecule has 15 heavy (non-hydrogen) atoms. The Morgan fingerprint density at radius 1 is 1.27 bits per heavy atom. The highest BCUT2D eigenvalue weighted by atomic mass is 19.4. The van der Waals surface area contributed by atoms with E-state index in [9.17, 15) is 13.2 Å². The number of hydrogen-bond acceptors (Lipinski definition) is 0. The van der Waals surface area contributed by atoms with Crippen molar-refractivity contribution >= 4 is 0 Å². The maximum absolute atomic E-state index is 12.8. The normalized spacial score (nSPS) is 11.5. The molecule has 0 aliphatic heterocycles. The summed E-state index contributed by atoms with van der Waals surface area (Å²) in [5.41, 5.74) is -0.519. The topological polar surface area (TPSA) is 0 Å². The van der Waals surface area contributed by atoms with E-state index >= 15 is 0 Å². The Morgan fingerprint density at radius 3 is 2.27 bits per heavy atom. The van der Waals surface area contributed by atoms with Crippen LogP contribution >= 0.6 is 0 Å². The second kappa shape index (κ2) is 3.98. The van der Waals surface area contributed by atoms with Crippen LogP contribution in [0.1, 0.15) is 36.5 Å². The van der Waals surface area contributed by atoms with Gasteiger partial charge in [-0.15, -0.1) is 6.42 Å². The summed E-state index contributed by atoms with van der Waals surface area (Å²) in [4.78, 5) is 0. The van der Waals surface area contributed by atoms with E-state index < -0.39 is 11.7 Å². The van der Waals surface area contributed by atoms with Gasteiger partial charge in [-0.25, -0.2) is 0 Å². The fourth-order valence-corrected chi connectivity index (χ4v) is 1.49. The van der Waals surface area contributed by atoms with Gasteiger partial charge in [0, 0.05) is 5.56 Å². The van der Waals surface area contributed by atoms with Crippen molar-refractivity contribution in [1.29, 1.82) is 0 Å². The number of hydrogen-bond donors (Lipinski definition) is 0. The van der Waals surface area contributed by atoms with Gasteiger partial charge in [-0.05, 0) is 17.5 Å². The second-order valence-electron chi connectivity index (χ2n) is 3.57. The Labute approximate surface area is 87.1 Å². The van der Waals surface area contributed by atoms with Crippen molar-refractivity contribution in [3.05, 3.63) is 34.9 Å². The van der Waals surface area contributed by atoms with E-state index in [2.05, 4.69) is 5.92 Å². The second-order valence-corrected chi connectivity index (χ2v) is 3.57. The smallest absolute Gasteiger partial charge is 0.166 e. The minimum Gasteiger partial charge on any atom is -0.166 e. The zero-order valence-corrected chi connectivity index (χ0v) is 8.52. The molecular formula is C12H11F3. The first-order valence-electron chi connectivity index (χ1n) is 4.54. The van der Waals surface area contributed by atoms with Crippen LogP contribution < -0.4 is 0 Å². The van der Waals surface area contributed by atoms with Crippen molar-refractivity contribution in [2.45, 2.75) is 25.9 Å². The molecule has 0 heterocycles. The van der Waals surface area contributed by atoms with E-state index in [0.29, 0.717) is 0 Å². The van der Waals surface area contributed by atoms with Crippen LogP contribution in [0.2, 0.25) is 0 Å². The number of terminal acetylenes is 1. The zero-order valence-electron chi connectivity index (χ0n) is 8.52. The molecule has 0 fully saturated rings. The van der Waals surface area contributed by atoms with E-state index in [0.717, 1.165) is 0 Å². The first-order valence-corrected chi connectivity index (χ1v) is 4.54. The molecule has 0 amide bonds. The minimum absolute atomic E-state index is 0.0892. The van der Waals surface area contributed by atoms with E-state index in [4.69, 9.17) is 6.42 Å². The van der Waals surface area contributed by atoms with Crippen molar-refractivity contribution in [1.82, 2.24) is 0 Å². The minimum atomic E-state index is -4.39. The number of rotatable bonds is 1. The molecular weight excluding hydrogens is 201 g/mol. The van der Waals surface area contributed by atoms with Crippen molar-refractivity contribution in [2.75, 3.05) is 0 Å². The molecule has 0 bridgehead atoms. The Balaban J connectivity index is 3.50. The lowest BCUT2D eigenvalue weighted by Crippen LogP contribution is -2.12. The standard InChI is InChI=1S/C12H11F3/c1-4-9-6-5-7-10(8(2)3)11(9)12(13,14)15/h1,5-8H,2-3H3. The van der Waals surface area contributed by atoms with Gasteiger partial charge in [0.15, 0.2) is 0 Å². The third-order valence-electron chi connectivity index (χ3n) is 2.16. The Morgan fingerprint density at radius 2 is 1.87 bits per heavy atom. The molecule has 0 N–H and O–H groups in total. The molecule has 0 aliphatic carbocycles. The number of halogens is 3. The van der Waals surface area contributed by atoms with Gasteiger partial charge in [-0.3, -0.25) is 0 Å². The van der Waals surface area contributed by atoms with Crippen LogP contribution in [0, 0.1) is 12.3 Å². The lowest BCUT2D eigenvalue weighted by atomic mass is 9.93. The molecule has 0 unspecified atom stereocenters. The molecule has 0 atom stereocenters. The molecule has 1 aromatic rings. The Bertz CT molecular complexity index is 394. The summed E-state index contributed by atoms with van der Waals surface area (Å²) >= 11 is 0. The lowest BCUT2D eigenvalue weighted by molar-refractivity contribution is -0.138. The molecule has 0 saturated heterocycles. The molecule has 1 rings (SSSR count). The summed E-state index contributed by atoms with van der Waals surface area (Å²) < 4.78 is 38.3. The molecule has 0 nitrogen and oxygen atoms in total. The van der Waals surface area contributed by atoms with Crippen LogP contribution in [0.25, 0.3) is 0 Å². The van der Waals surface area contributed by atoms with E-state index in [-0.39, 0.29) is 17.0 Å². The van der Waals surface area contributed by atoms with E-state index in [1.165, 1.54) is 12.1 Å². The number of benzene rings is 1. The molecule has 1 aromatic carbocycles. The third kappa shape index (κ3) is 2.33. The quantitative estimate of drug-likeness (QED) is 0.621. The van der Waals surface area contributed by atoms with Gasteiger partial charge in [-0.1, -0.05) is 31.9 Å². The molecule has 0 spiro atoms. The monoisotopic (exact) mass is 212 g/mol. The summed E-state index contributed by atoms with van der Waals surface area (Å²) in [6, 6.07) is 4.34. The summed E-state index contributed by atoms with van der Waals surface area (Å²) in [6.07, 6.45) is 0.680. The predicted octanol–water partition coefficient (Wildman–Crippen LogP) is 3.81. The van der Waals surface area contributed by atoms with Crippen LogP contribution in [-0.2, 0) is 6.18 Å². The Hall–Kier alpha value is -1.43. The van der Waals surface area contributed by atoms with Crippen LogP contribution in [0.15, 0.2) is 18.2 Å². The molecule has 80 valence electrons. The SMILES string of the molecule is C#Cc1cccc(C(C)C)c1C(F)(F)F. The van der Waals surface area contributed by atoms with Crippen LogP contribution in [0.3, 0.4) is 0 Å². The summed E-state index contributed by atoms with van der Waals surface area (Å²) in [5, 5.41) is 0. The molecule has 0 saturated carbocycles. The highest BCUT2D eigenvalue weighted by Gasteiger charge is 2.36. The predicted molar refractivity (Wildman–Crippen MR) is 53.5 cm³/mol. The van der Waals surface area contributed by atoms with Gasteiger partial charge in [0.2, 0.25) is 0 Å². The average molecular weight is 212 g/mol. The van der Waals surface area contributed by atoms with Crippen molar-refractivity contribution in [3.8, 4) is 12.3 Å². The van der Waals surface area contributed by atoms with Gasteiger partial charge in [-0.2, -0.15) is 13.2 Å². The largest absolute Gasteiger partial charge is 0.417 e. The third-order valence-corrected chi connectivity index (χ3v) is 2.16. The average Bonchev–Trinajstić information content (AvgIpc) is 2.15.